The van der Waals surface area contributed by atoms with Gasteiger partial charge in [-0.25, -0.2) is 0 Å². The third-order valence-electron chi connectivity index (χ3n) is 12.5. The van der Waals surface area contributed by atoms with Crippen LogP contribution in [0.4, 0.5) is 34.1 Å². The molecule has 10 aromatic carbocycles. The number of allylic oxidation sites excluding steroid dienone is 4. The molecule has 324 valence electrons. The maximum Gasteiger partial charge on any atom is 0.0468 e. The van der Waals surface area contributed by atoms with E-state index in [9.17, 15) is 0 Å². The van der Waals surface area contributed by atoms with Crippen molar-refractivity contribution < 1.29 is 0 Å². The van der Waals surface area contributed by atoms with Gasteiger partial charge in [0.25, 0.3) is 0 Å². The molecule has 0 aliphatic carbocycles. The van der Waals surface area contributed by atoms with Gasteiger partial charge in [0.1, 0.15) is 0 Å². The van der Waals surface area contributed by atoms with Crippen molar-refractivity contribution in [3.05, 3.63) is 298 Å². The van der Waals surface area contributed by atoms with Gasteiger partial charge in [0, 0.05) is 34.1 Å². The molecule has 0 unspecified atom stereocenters. The second-order valence-electron chi connectivity index (χ2n) is 16.7. The van der Waals surface area contributed by atoms with Crippen molar-refractivity contribution in [2.75, 3.05) is 9.80 Å². The molecule has 0 amide bonds. The van der Waals surface area contributed by atoms with Crippen molar-refractivity contribution >= 4 is 39.7 Å². The molecule has 2 heteroatoms. The highest BCUT2D eigenvalue weighted by molar-refractivity contribution is 5.90. The Labute approximate surface area is 401 Å². The van der Waals surface area contributed by atoms with Gasteiger partial charge < -0.3 is 9.80 Å². The van der Waals surface area contributed by atoms with E-state index in [1.807, 2.05) is 12.2 Å². The van der Waals surface area contributed by atoms with Gasteiger partial charge in [-0.05, 0) is 140 Å². The maximum absolute atomic E-state index is 4.01. The van der Waals surface area contributed by atoms with Crippen LogP contribution in [0.2, 0.25) is 0 Å². The summed E-state index contributed by atoms with van der Waals surface area (Å²) < 4.78 is 0. The topological polar surface area (TPSA) is 6.48 Å². The summed E-state index contributed by atoms with van der Waals surface area (Å²) in [5.41, 5.74) is 20.5. The summed E-state index contributed by atoms with van der Waals surface area (Å²) in [6.45, 7) is 7.90. The van der Waals surface area contributed by atoms with Gasteiger partial charge in [0.2, 0.25) is 0 Å². The number of hydrogen-bond donors (Lipinski definition) is 0. The largest absolute Gasteiger partial charge is 0.311 e. The Kier molecular flexibility index (Phi) is 12.7. The Balaban J connectivity index is 0.911. The van der Waals surface area contributed by atoms with Crippen LogP contribution in [-0.4, -0.2) is 0 Å². The second-order valence-corrected chi connectivity index (χ2v) is 16.7. The molecule has 10 aromatic rings. The number of nitrogens with zero attached hydrogens (tertiary/aromatic N) is 2. The van der Waals surface area contributed by atoms with Gasteiger partial charge in [0.15, 0.2) is 0 Å². The molecule has 0 heterocycles. The monoisotopic (exact) mass is 870 g/mol. The zero-order valence-electron chi connectivity index (χ0n) is 37.9. The van der Waals surface area contributed by atoms with E-state index in [0.717, 1.165) is 56.4 Å². The van der Waals surface area contributed by atoms with Crippen LogP contribution < -0.4 is 9.80 Å². The van der Waals surface area contributed by atoms with Crippen LogP contribution >= 0.6 is 0 Å². The molecule has 0 N–H and O–H groups in total. The quantitative estimate of drug-likeness (QED) is 0.100. The van der Waals surface area contributed by atoms with E-state index in [0.29, 0.717) is 0 Å². The number of anilines is 6. The first kappa shape index (κ1) is 42.9. The van der Waals surface area contributed by atoms with Crippen LogP contribution in [0, 0.1) is 0 Å². The Morgan fingerprint density at radius 3 is 1.01 bits per heavy atom. The molecule has 0 radical (unpaired) electrons. The minimum absolute atomic E-state index is 1.03. The lowest BCUT2D eigenvalue weighted by molar-refractivity contribution is 1.28. The van der Waals surface area contributed by atoms with Crippen molar-refractivity contribution in [3.63, 3.8) is 0 Å². The Morgan fingerprint density at radius 1 is 0.279 bits per heavy atom. The number of hydrogen-bond acceptors (Lipinski definition) is 2. The Morgan fingerprint density at radius 2 is 0.588 bits per heavy atom. The minimum Gasteiger partial charge on any atom is -0.311 e. The summed E-state index contributed by atoms with van der Waals surface area (Å²) >= 11 is 0. The van der Waals surface area contributed by atoms with Gasteiger partial charge in [-0.3, -0.25) is 0 Å². The predicted octanol–water partition coefficient (Wildman–Crippen LogP) is 18.7. The molecule has 0 spiro atoms. The van der Waals surface area contributed by atoms with Gasteiger partial charge >= 0.3 is 0 Å². The highest BCUT2D eigenvalue weighted by Gasteiger charge is 2.18. The summed E-state index contributed by atoms with van der Waals surface area (Å²) in [7, 11) is 0. The average molecular weight is 871 g/mol. The lowest BCUT2D eigenvalue weighted by Crippen LogP contribution is -2.10. The summed E-state index contributed by atoms with van der Waals surface area (Å²) in [5, 5.41) is 0. The van der Waals surface area contributed by atoms with Gasteiger partial charge in [0.05, 0.1) is 0 Å². The van der Waals surface area contributed by atoms with Crippen LogP contribution in [0.3, 0.4) is 0 Å². The lowest BCUT2D eigenvalue weighted by Gasteiger charge is -2.27. The van der Waals surface area contributed by atoms with E-state index < -0.39 is 0 Å². The first-order chi connectivity index (χ1) is 33.6. The van der Waals surface area contributed by atoms with E-state index >= 15 is 0 Å². The molecule has 0 saturated carbocycles. The second kappa shape index (κ2) is 20.0. The van der Waals surface area contributed by atoms with Crippen LogP contribution in [-0.2, 0) is 0 Å². The molecular weight excluding hydrogens is 821 g/mol. The Hall–Kier alpha value is -8.98. The highest BCUT2D eigenvalue weighted by Crippen LogP contribution is 2.42. The third-order valence-corrected chi connectivity index (χ3v) is 12.5. The third kappa shape index (κ3) is 9.26. The van der Waals surface area contributed by atoms with Gasteiger partial charge in [-0.15, -0.1) is 0 Å². The van der Waals surface area contributed by atoms with Crippen LogP contribution in [0.1, 0.15) is 5.56 Å². The minimum atomic E-state index is 1.03. The van der Waals surface area contributed by atoms with Crippen molar-refractivity contribution in [1.29, 1.82) is 0 Å². The molecule has 0 aliphatic heterocycles. The summed E-state index contributed by atoms with van der Waals surface area (Å²) in [6, 6.07) is 93.4. The molecule has 10 rings (SSSR count). The van der Waals surface area contributed by atoms with E-state index in [1.165, 1.54) is 44.5 Å². The Bertz CT molecular complexity index is 3280. The zero-order chi connectivity index (χ0) is 46.1. The fourth-order valence-electron chi connectivity index (χ4n) is 8.97. The molecule has 0 atom stereocenters. The molecule has 0 fully saturated rings. The van der Waals surface area contributed by atoms with E-state index in [1.54, 1.807) is 6.08 Å². The molecule has 0 bridgehead atoms. The smallest absolute Gasteiger partial charge is 0.0468 e. The van der Waals surface area contributed by atoms with Crippen molar-refractivity contribution in [1.82, 2.24) is 0 Å². The van der Waals surface area contributed by atoms with Crippen LogP contribution in [0.15, 0.2) is 292 Å². The van der Waals surface area contributed by atoms with Crippen LogP contribution in [0.5, 0.6) is 0 Å². The molecular formula is C66H50N2. The van der Waals surface area contributed by atoms with Crippen LogP contribution in [0.25, 0.3) is 61.2 Å². The SMILES string of the molecule is C=C/C=C(\C=C)c1ccc(N(c2ccccc2)c2ccc(-c3ccc(-c4ccc(-c5ccc(N(c6ccccc6)c6ccc(-c7ccccc7)cc6)cc5)cc4)cc3)c(-c3ccccc3)c2)cc1. The highest BCUT2D eigenvalue weighted by atomic mass is 15.1. The normalized spacial score (nSPS) is 11.1. The van der Waals surface area contributed by atoms with Crippen molar-refractivity contribution in [2.24, 2.45) is 0 Å². The molecule has 0 aromatic heterocycles. The number of para-hydroxylation sites is 2. The zero-order valence-corrected chi connectivity index (χ0v) is 37.9. The maximum atomic E-state index is 4.01. The molecule has 68 heavy (non-hydrogen) atoms. The van der Waals surface area contributed by atoms with Gasteiger partial charge in [-0.1, -0.05) is 219 Å². The van der Waals surface area contributed by atoms with E-state index in [4.69, 9.17) is 0 Å². The number of rotatable bonds is 14. The summed E-state index contributed by atoms with van der Waals surface area (Å²) in [6.07, 6.45) is 5.65. The average Bonchev–Trinajstić information content (AvgIpc) is 3.42. The molecule has 0 saturated heterocycles. The fourth-order valence-corrected chi connectivity index (χ4v) is 8.97. The first-order valence-corrected chi connectivity index (χ1v) is 23.1. The van der Waals surface area contributed by atoms with E-state index in [-0.39, 0.29) is 0 Å². The van der Waals surface area contributed by atoms with Crippen molar-refractivity contribution in [3.8, 4) is 55.6 Å². The van der Waals surface area contributed by atoms with E-state index in [2.05, 4.69) is 284 Å². The first-order valence-electron chi connectivity index (χ1n) is 23.1. The standard InChI is InChI=1S/C66H50N2/c1-3-17-49(4-2)51-34-40-63(41-35-51)68(60-24-15-8-16-25-60)64-46-47-65(66(48-64)57-20-11-6-12-21-57)58-32-30-54(31-33-58)52-26-28-53(29-27-52)56-38-44-62(45-39-56)67(59-22-13-7-14-23-59)61-42-36-55(37-43-61)50-18-9-5-10-19-50/h3-48H,1-2H2/b49-17+. The summed E-state index contributed by atoms with van der Waals surface area (Å²) in [4.78, 5) is 4.63. The summed E-state index contributed by atoms with van der Waals surface area (Å²) in [5.74, 6) is 0. The lowest BCUT2D eigenvalue weighted by atomic mass is 9.92. The van der Waals surface area contributed by atoms with Gasteiger partial charge in [-0.2, -0.15) is 0 Å². The van der Waals surface area contributed by atoms with Crippen molar-refractivity contribution in [2.45, 2.75) is 0 Å². The number of benzene rings is 10. The predicted molar refractivity (Wildman–Crippen MR) is 291 cm³/mol. The molecule has 0 aliphatic rings. The fraction of sp³-hybridized carbons (Fsp3) is 0. The molecule has 2 nitrogen and oxygen atoms in total.